The van der Waals surface area contributed by atoms with Gasteiger partial charge in [0.1, 0.15) is 5.76 Å². The molecule has 1 amide bonds. The van der Waals surface area contributed by atoms with Gasteiger partial charge in [-0.15, -0.1) is 0 Å². The molecule has 0 aliphatic rings. The summed E-state index contributed by atoms with van der Waals surface area (Å²) in [5, 5.41) is 2.67. The average Bonchev–Trinajstić information content (AvgIpc) is 3.30. The highest BCUT2D eigenvalue weighted by molar-refractivity contribution is 7.89. The number of rotatable bonds is 8. The number of esters is 1. The Balaban J connectivity index is 1.57. The van der Waals surface area contributed by atoms with Crippen LogP contribution in [0.3, 0.4) is 0 Å². The molecule has 0 saturated heterocycles. The first kappa shape index (κ1) is 22.0. The summed E-state index contributed by atoms with van der Waals surface area (Å²) in [6, 6.07) is 15.7. The minimum Gasteiger partial charge on any atom is -0.468 e. The summed E-state index contributed by atoms with van der Waals surface area (Å²) in [6.45, 7) is 0.0533. The fourth-order valence-corrected chi connectivity index (χ4v) is 3.58. The molecule has 1 aromatic heterocycles. The zero-order valence-corrected chi connectivity index (χ0v) is 17.4. The summed E-state index contributed by atoms with van der Waals surface area (Å²) in [7, 11) is -2.39. The number of hydrogen-bond donors (Lipinski definition) is 2. The fraction of sp³-hybridized carbons (Fsp3) is 0.0909. The second kappa shape index (κ2) is 9.88. The zero-order chi connectivity index (χ0) is 22.3. The Kier molecular flexibility index (Phi) is 7.01. The fourth-order valence-electron chi connectivity index (χ4n) is 2.58. The number of anilines is 1. The summed E-state index contributed by atoms with van der Waals surface area (Å²) < 4.78 is 36.8. The molecule has 0 bridgehead atoms. The normalized spacial score (nSPS) is 11.4. The van der Waals surface area contributed by atoms with Crippen LogP contribution in [0.1, 0.15) is 21.7 Å². The lowest BCUT2D eigenvalue weighted by atomic mass is 10.2. The van der Waals surface area contributed by atoms with Crippen molar-refractivity contribution in [2.45, 2.75) is 11.4 Å². The topological polar surface area (TPSA) is 115 Å². The van der Waals surface area contributed by atoms with Crippen molar-refractivity contribution in [2.75, 3.05) is 12.4 Å². The van der Waals surface area contributed by atoms with Gasteiger partial charge in [0.05, 0.1) is 30.4 Å². The lowest BCUT2D eigenvalue weighted by Crippen LogP contribution is -2.22. The van der Waals surface area contributed by atoms with E-state index in [1.165, 1.54) is 31.6 Å². The summed E-state index contributed by atoms with van der Waals surface area (Å²) in [5.74, 6) is -0.323. The maximum Gasteiger partial charge on any atom is 0.337 e. The molecule has 0 saturated carbocycles. The zero-order valence-electron chi connectivity index (χ0n) is 16.6. The van der Waals surface area contributed by atoms with Crippen molar-refractivity contribution >= 4 is 33.7 Å². The molecule has 2 N–H and O–H groups in total. The first-order valence-corrected chi connectivity index (χ1v) is 10.7. The summed E-state index contributed by atoms with van der Waals surface area (Å²) in [5.41, 5.74) is 1.55. The maximum absolute atomic E-state index is 12.3. The lowest BCUT2D eigenvalue weighted by molar-refractivity contribution is -0.111. The molecule has 0 fully saturated rings. The van der Waals surface area contributed by atoms with Gasteiger partial charge < -0.3 is 14.5 Å². The first-order valence-electron chi connectivity index (χ1n) is 9.17. The molecule has 0 aliphatic carbocycles. The van der Waals surface area contributed by atoms with E-state index >= 15 is 0 Å². The number of furan rings is 1. The number of ether oxygens (including phenoxy) is 1. The Bertz CT molecular complexity index is 1170. The van der Waals surface area contributed by atoms with Crippen LogP contribution in [0.15, 0.2) is 82.3 Å². The molecule has 1 heterocycles. The quantitative estimate of drug-likeness (QED) is 0.411. The number of hydrogen-bond acceptors (Lipinski definition) is 6. The molecule has 0 spiro atoms. The number of methoxy groups -OCH3 is 1. The number of benzene rings is 2. The van der Waals surface area contributed by atoms with E-state index in [4.69, 9.17) is 4.42 Å². The molecule has 0 aliphatic heterocycles. The van der Waals surface area contributed by atoms with Crippen molar-refractivity contribution < 1.29 is 27.2 Å². The number of amides is 1. The van der Waals surface area contributed by atoms with Crippen molar-refractivity contribution in [3.63, 3.8) is 0 Å². The Labute approximate surface area is 179 Å². The molecule has 160 valence electrons. The van der Waals surface area contributed by atoms with Gasteiger partial charge >= 0.3 is 5.97 Å². The summed E-state index contributed by atoms with van der Waals surface area (Å²) in [6.07, 6.45) is 4.36. The monoisotopic (exact) mass is 440 g/mol. The van der Waals surface area contributed by atoms with E-state index in [1.54, 1.807) is 54.6 Å². The maximum atomic E-state index is 12.3. The second-order valence-electron chi connectivity index (χ2n) is 6.36. The molecule has 2 aromatic carbocycles. The van der Waals surface area contributed by atoms with Crippen molar-refractivity contribution in [3.05, 3.63) is 89.9 Å². The van der Waals surface area contributed by atoms with Gasteiger partial charge in [0.2, 0.25) is 15.9 Å². The van der Waals surface area contributed by atoms with Gasteiger partial charge in [-0.05, 0) is 60.2 Å². The highest BCUT2D eigenvalue weighted by Gasteiger charge is 2.14. The number of carbonyl (C=O) groups is 2. The molecule has 31 heavy (non-hydrogen) atoms. The van der Waals surface area contributed by atoms with Crippen molar-refractivity contribution in [1.29, 1.82) is 0 Å². The van der Waals surface area contributed by atoms with Crippen molar-refractivity contribution in [2.24, 2.45) is 0 Å². The Morgan fingerprint density at radius 1 is 1.03 bits per heavy atom. The smallest absolute Gasteiger partial charge is 0.337 e. The Hall–Kier alpha value is -3.69. The van der Waals surface area contributed by atoms with E-state index in [-0.39, 0.29) is 17.3 Å². The molecular formula is C22H20N2O6S. The van der Waals surface area contributed by atoms with Crippen LogP contribution in [-0.4, -0.2) is 27.4 Å². The SMILES string of the molecule is COC(=O)c1ccc(NC(=O)/C=C/c2ccc(S(=O)(=O)NCc3ccco3)cc2)cc1. The van der Waals surface area contributed by atoms with E-state index < -0.39 is 16.0 Å². The highest BCUT2D eigenvalue weighted by atomic mass is 32.2. The van der Waals surface area contributed by atoms with Crippen LogP contribution >= 0.6 is 0 Å². The third-order valence-electron chi connectivity index (χ3n) is 4.21. The van der Waals surface area contributed by atoms with Crippen LogP contribution in [0.2, 0.25) is 0 Å². The molecule has 3 rings (SSSR count). The summed E-state index contributed by atoms with van der Waals surface area (Å²) >= 11 is 0. The van der Waals surface area contributed by atoms with Gasteiger partial charge in [-0.25, -0.2) is 17.9 Å². The van der Waals surface area contributed by atoms with Crippen LogP contribution < -0.4 is 10.0 Å². The van der Waals surface area contributed by atoms with E-state index in [9.17, 15) is 18.0 Å². The predicted molar refractivity (Wildman–Crippen MR) is 115 cm³/mol. The largest absolute Gasteiger partial charge is 0.468 e. The Morgan fingerprint density at radius 3 is 2.35 bits per heavy atom. The minimum atomic E-state index is -3.68. The molecule has 0 unspecified atom stereocenters. The van der Waals surface area contributed by atoms with E-state index in [2.05, 4.69) is 14.8 Å². The van der Waals surface area contributed by atoms with E-state index in [0.717, 1.165) is 0 Å². The Morgan fingerprint density at radius 2 is 1.74 bits per heavy atom. The molecule has 9 heteroatoms. The van der Waals surface area contributed by atoms with Gasteiger partial charge in [-0.1, -0.05) is 12.1 Å². The average molecular weight is 440 g/mol. The van der Waals surface area contributed by atoms with Gasteiger partial charge in [0, 0.05) is 11.8 Å². The van der Waals surface area contributed by atoms with Gasteiger partial charge in [0.25, 0.3) is 0 Å². The van der Waals surface area contributed by atoms with E-state index in [1.807, 2.05) is 0 Å². The van der Waals surface area contributed by atoms with Gasteiger partial charge in [-0.2, -0.15) is 0 Å². The number of nitrogens with one attached hydrogen (secondary N) is 2. The minimum absolute atomic E-state index is 0.0533. The van der Waals surface area contributed by atoms with Crippen molar-refractivity contribution in [3.8, 4) is 0 Å². The van der Waals surface area contributed by atoms with Crippen LogP contribution in [0.5, 0.6) is 0 Å². The molecular weight excluding hydrogens is 420 g/mol. The van der Waals surface area contributed by atoms with Crippen molar-refractivity contribution in [1.82, 2.24) is 4.72 Å². The molecule has 3 aromatic rings. The number of sulfonamides is 1. The highest BCUT2D eigenvalue weighted by Crippen LogP contribution is 2.14. The molecule has 0 radical (unpaired) electrons. The first-order chi connectivity index (χ1) is 14.9. The van der Waals surface area contributed by atoms with Gasteiger partial charge in [-0.3, -0.25) is 4.79 Å². The van der Waals surface area contributed by atoms with Crippen LogP contribution in [0.25, 0.3) is 6.08 Å². The van der Waals surface area contributed by atoms with E-state index in [0.29, 0.717) is 22.6 Å². The predicted octanol–water partition coefficient (Wildman–Crippen LogP) is 3.20. The van der Waals surface area contributed by atoms with Gasteiger partial charge in [0.15, 0.2) is 0 Å². The number of carbonyl (C=O) groups excluding carboxylic acids is 2. The third-order valence-corrected chi connectivity index (χ3v) is 5.62. The molecule has 8 nitrogen and oxygen atoms in total. The lowest BCUT2D eigenvalue weighted by Gasteiger charge is -2.06. The van der Waals surface area contributed by atoms with Crippen LogP contribution in [0, 0.1) is 0 Å². The van der Waals surface area contributed by atoms with Crippen LogP contribution in [-0.2, 0) is 26.1 Å². The standard InChI is InChI=1S/C22H20N2O6S/c1-29-22(26)17-7-9-18(10-8-17)24-21(25)13-6-16-4-11-20(12-5-16)31(27,28)23-15-19-3-2-14-30-19/h2-14,23H,15H2,1H3,(H,24,25)/b13-6+. The molecule has 0 atom stereocenters. The van der Waals surface area contributed by atoms with Crippen LogP contribution in [0.4, 0.5) is 5.69 Å². The third kappa shape index (κ3) is 6.14. The second-order valence-corrected chi connectivity index (χ2v) is 8.13. The summed E-state index contributed by atoms with van der Waals surface area (Å²) in [4.78, 5) is 23.6.